The molecule has 4 rings (SSSR count). The van der Waals surface area contributed by atoms with Crippen molar-refractivity contribution in [3.05, 3.63) is 59.7 Å². The molecule has 0 saturated heterocycles. The lowest BCUT2D eigenvalue weighted by Crippen LogP contribution is -2.53. The molecule has 174 valence electrons. The van der Waals surface area contributed by atoms with Crippen LogP contribution >= 0.6 is 0 Å². The van der Waals surface area contributed by atoms with Crippen molar-refractivity contribution in [3.63, 3.8) is 0 Å². The first-order chi connectivity index (χ1) is 15.8. The summed E-state index contributed by atoms with van der Waals surface area (Å²) in [6.07, 6.45) is 1.81. The molecular formula is C26H30N2O5. The van der Waals surface area contributed by atoms with Crippen LogP contribution in [0.25, 0.3) is 11.1 Å². The van der Waals surface area contributed by atoms with Crippen LogP contribution in [-0.2, 0) is 14.3 Å². The number of hydrogen-bond acceptors (Lipinski definition) is 4. The van der Waals surface area contributed by atoms with Gasteiger partial charge in [-0.25, -0.2) is 9.59 Å². The summed E-state index contributed by atoms with van der Waals surface area (Å²) in [4.78, 5) is 36.9. The SMILES string of the molecule is CC(C)[C@H](NC(=O)[C@H](CC1CC1)NC(=O)OCC1c2ccccc2-c2ccccc21)C(=O)O. The molecule has 0 radical (unpaired) electrons. The Morgan fingerprint density at radius 3 is 2.06 bits per heavy atom. The van der Waals surface area contributed by atoms with E-state index >= 15 is 0 Å². The van der Waals surface area contributed by atoms with Gasteiger partial charge in [0.1, 0.15) is 18.7 Å². The van der Waals surface area contributed by atoms with Crippen molar-refractivity contribution in [1.29, 1.82) is 0 Å². The van der Waals surface area contributed by atoms with E-state index in [0.29, 0.717) is 12.3 Å². The number of rotatable bonds is 9. The molecule has 2 aromatic rings. The van der Waals surface area contributed by atoms with Gasteiger partial charge in [-0.05, 0) is 40.5 Å². The fraction of sp³-hybridized carbons (Fsp3) is 0.423. The van der Waals surface area contributed by atoms with Crippen LogP contribution in [0.4, 0.5) is 4.79 Å². The Balaban J connectivity index is 1.41. The summed E-state index contributed by atoms with van der Waals surface area (Å²) in [5.41, 5.74) is 4.50. The molecule has 33 heavy (non-hydrogen) atoms. The smallest absolute Gasteiger partial charge is 0.407 e. The van der Waals surface area contributed by atoms with Gasteiger partial charge in [0.15, 0.2) is 0 Å². The maximum absolute atomic E-state index is 12.8. The minimum absolute atomic E-state index is 0.0730. The third-order valence-electron chi connectivity index (χ3n) is 6.45. The molecule has 3 N–H and O–H groups in total. The van der Waals surface area contributed by atoms with Crippen LogP contribution in [-0.4, -0.2) is 41.8 Å². The monoisotopic (exact) mass is 450 g/mol. The van der Waals surface area contributed by atoms with Gasteiger partial charge in [0.2, 0.25) is 5.91 Å². The topological polar surface area (TPSA) is 105 Å². The highest BCUT2D eigenvalue weighted by Crippen LogP contribution is 2.44. The van der Waals surface area contributed by atoms with Gasteiger partial charge < -0.3 is 20.5 Å². The molecule has 1 saturated carbocycles. The molecule has 0 aromatic heterocycles. The van der Waals surface area contributed by atoms with E-state index in [9.17, 15) is 19.5 Å². The Morgan fingerprint density at radius 2 is 1.55 bits per heavy atom. The lowest BCUT2D eigenvalue weighted by molar-refractivity contribution is -0.143. The minimum Gasteiger partial charge on any atom is -0.480 e. The van der Waals surface area contributed by atoms with Crippen LogP contribution in [0.5, 0.6) is 0 Å². The number of carboxylic acid groups (broad SMARTS) is 1. The zero-order chi connectivity index (χ0) is 23.5. The highest BCUT2D eigenvalue weighted by Gasteiger charge is 2.34. The highest BCUT2D eigenvalue weighted by atomic mass is 16.5. The van der Waals surface area contributed by atoms with E-state index in [1.807, 2.05) is 36.4 Å². The van der Waals surface area contributed by atoms with Crippen molar-refractivity contribution in [1.82, 2.24) is 10.6 Å². The number of carbonyl (C=O) groups excluding carboxylic acids is 2. The summed E-state index contributed by atoms with van der Waals surface area (Å²) >= 11 is 0. The summed E-state index contributed by atoms with van der Waals surface area (Å²) in [5, 5.41) is 14.6. The average Bonchev–Trinajstić information content (AvgIpc) is 3.55. The second-order valence-corrected chi connectivity index (χ2v) is 9.27. The average molecular weight is 451 g/mol. The van der Waals surface area contributed by atoms with E-state index in [4.69, 9.17) is 4.74 Å². The molecule has 7 nitrogen and oxygen atoms in total. The van der Waals surface area contributed by atoms with Gasteiger partial charge in [0.25, 0.3) is 0 Å². The fourth-order valence-corrected chi connectivity index (χ4v) is 4.47. The third kappa shape index (κ3) is 5.18. The van der Waals surface area contributed by atoms with Crippen LogP contribution in [0.2, 0.25) is 0 Å². The van der Waals surface area contributed by atoms with Gasteiger partial charge in [-0.1, -0.05) is 75.2 Å². The number of fused-ring (bicyclic) bond motifs is 3. The zero-order valence-electron chi connectivity index (χ0n) is 18.9. The predicted octanol–water partition coefficient (Wildman–Crippen LogP) is 3.92. The molecule has 1 fully saturated rings. The maximum Gasteiger partial charge on any atom is 0.407 e. The quantitative estimate of drug-likeness (QED) is 0.537. The number of alkyl carbamates (subject to hydrolysis) is 1. The minimum atomic E-state index is -1.09. The van der Waals surface area contributed by atoms with Crippen molar-refractivity contribution >= 4 is 18.0 Å². The molecule has 0 unspecified atom stereocenters. The molecule has 2 aliphatic rings. The lowest BCUT2D eigenvalue weighted by atomic mass is 9.98. The number of amides is 2. The van der Waals surface area contributed by atoms with Crippen molar-refractivity contribution in [3.8, 4) is 11.1 Å². The van der Waals surface area contributed by atoms with E-state index in [-0.39, 0.29) is 18.4 Å². The van der Waals surface area contributed by atoms with Crippen LogP contribution < -0.4 is 10.6 Å². The largest absolute Gasteiger partial charge is 0.480 e. The Labute approximate surface area is 193 Å². The number of carbonyl (C=O) groups is 3. The van der Waals surface area contributed by atoms with Gasteiger partial charge >= 0.3 is 12.1 Å². The molecule has 0 heterocycles. The Hall–Kier alpha value is -3.35. The van der Waals surface area contributed by atoms with Crippen molar-refractivity contribution in [2.45, 2.75) is 51.1 Å². The normalized spacial score (nSPS) is 16.5. The van der Waals surface area contributed by atoms with Crippen LogP contribution in [0.3, 0.4) is 0 Å². The Morgan fingerprint density at radius 1 is 0.970 bits per heavy atom. The first-order valence-electron chi connectivity index (χ1n) is 11.5. The van der Waals surface area contributed by atoms with E-state index in [1.54, 1.807) is 13.8 Å². The van der Waals surface area contributed by atoms with E-state index in [1.165, 1.54) is 0 Å². The molecule has 7 heteroatoms. The number of carboxylic acids is 1. The second kappa shape index (κ2) is 9.65. The fourth-order valence-electron chi connectivity index (χ4n) is 4.47. The van der Waals surface area contributed by atoms with E-state index in [0.717, 1.165) is 35.1 Å². The van der Waals surface area contributed by atoms with Crippen molar-refractivity contribution < 1.29 is 24.2 Å². The first kappa shape index (κ1) is 22.8. The summed E-state index contributed by atoms with van der Waals surface area (Å²) in [7, 11) is 0. The van der Waals surface area contributed by atoms with Crippen LogP contribution in [0.1, 0.15) is 50.2 Å². The number of hydrogen-bond donors (Lipinski definition) is 3. The Kier molecular flexibility index (Phi) is 6.67. The van der Waals surface area contributed by atoms with Gasteiger partial charge in [0.05, 0.1) is 0 Å². The van der Waals surface area contributed by atoms with Crippen molar-refractivity contribution in [2.75, 3.05) is 6.61 Å². The van der Waals surface area contributed by atoms with Crippen LogP contribution in [0, 0.1) is 11.8 Å². The highest BCUT2D eigenvalue weighted by molar-refractivity contribution is 5.89. The number of benzene rings is 2. The Bertz CT molecular complexity index is 1000. The summed E-state index contributed by atoms with van der Waals surface area (Å²) in [6, 6.07) is 14.3. The molecule has 2 aromatic carbocycles. The molecular weight excluding hydrogens is 420 g/mol. The summed E-state index contributed by atoms with van der Waals surface area (Å²) in [6.45, 7) is 3.61. The first-order valence-corrected chi connectivity index (χ1v) is 11.5. The van der Waals surface area contributed by atoms with Gasteiger partial charge in [-0.2, -0.15) is 0 Å². The number of ether oxygens (including phenoxy) is 1. The molecule has 0 bridgehead atoms. The molecule has 0 spiro atoms. The molecule has 0 aliphatic heterocycles. The van der Waals surface area contributed by atoms with E-state index < -0.39 is 30.1 Å². The standard InChI is InChI=1S/C26H30N2O5/c1-15(2)23(25(30)31)28-24(29)22(13-16-11-12-16)27-26(32)33-14-21-19-9-5-3-7-17(19)18-8-4-6-10-20(18)21/h3-10,15-16,21-23H,11-14H2,1-2H3,(H,27,32)(H,28,29)(H,30,31)/t22-,23-/m0/s1. The molecule has 2 atom stereocenters. The summed E-state index contributed by atoms with van der Waals surface area (Å²) < 4.78 is 5.58. The predicted molar refractivity (Wildman–Crippen MR) is 124 cm³/mol. The van der Waals surface area contributed by atoms with Crippen LogP contribution in [0.15, 0.2) is 48.5 Å². The van der Waals surface area contributed by atoms with Gasteiger partial charge in [-0.15, -0.1) is 0 Å². The third-order valence-corrected chi connectivity index (χ3v) is 6.45. The zero-order valence-corrected chi connectivity index (χ0v) is 18.9. The molecule has 2 amide bonds. The lowest BCUT2D eigenvalue weighted by Gasteiger charge is -2.23. The summed E-state index contributed by atoms with van der Waals surface area (Å²) in [5.74, 6) is -1.57. The van der Waals surface area contributed by atoms with Gasteiger partial charge in [-0.3, -0.25) is 4.79 Å². The number of aliphatic carboxylic acids is 1. The van der Waals surface area contributed by atoms with Gasteiger partial charge in [0, 0.05) is 5.92 Å². The van der Waals surface area contributed by atoms with Crippen molar-refractivity contribution in [2.24, 2.45) is 11.8 Å². The number of nitrogens with one attached hydrogen (secondary N) is 2. The molecule has 2 aliphatic carbocycles. The second-order valence-electron chi connectivity index (χ2n) is 9.27. The van der Waals surface area contributed by atoms with E-state index in [2.05, 4.69) is 22.8 Å². The maximum atomic E-state index is 12.8.